The molecule has 4 heteroatoms. The maximum Gasteiger partial charge on any atom is 0.409 e. The highest BCUT2D eigenvalue weighted by Crippen LogP contribution is 2.15. The van der Waals surface area contributed by atoms with Gasteiger partial charge in [0.15, 0.2) is 0 Å². The lowest BCUT2D eigenvalue weighted by Crippen LogP contribution is -2.01. The Morgan fingerprint density at radius 2 is 2.00 bits per heavy atom. The molecule has 0 heterocycles. The Balaban J connectivity index is 3.45. The van der Waals surface area contributed by atoms with E-state index in [0.717, 1.165) is 6.08 Å². The van der Waals surface area contributed by atoms with Gasteiger partial charge in [0.2, 0.25) is 0 Å². The van der Waals surface area contributed by atoms with Gasteiger partial charge in [-0.25, -0.2) is 0 Å². The Bertz CT molecular complexity index is 94.9. The van der Waals surface area contributed by atoms with Crippen LogP contribution >= 0.6 is 0 Å². The summed E-state index contributed by atoms with van der Waals surface area (Å²) in [7, 11) is 1.33. The first-order valence-corrected chi connectivity index (χ1v) is 2.29. The summed E-state index contributed by atoms with van der Waals surface area (Å²) in [4.78, 5) is 0. The molecule has 0 aromatic carbocycles. The highest BCUT2D eigenvalue weighted by Gasteiger charge is 2.21. The topological polar surface area (TPSA) is 9.23 Å². The van der Waals surface area contributed by atoms with Gasteiger partial charge in [-0.15, -0.1) is 0 Å². The Kier molecular flexibility index (Phi) is 3.30. The maximum absolute atomic E-state index is 11.2. The lowest BCUT2D eigenvalue weighted by molar-refractivity contribution is -0.0802. The molecular weight excluding hydrogens is 133 g/mol. The molecule has 0 fully saturated rings. The van der Waals surface area contributed by atoms with Crippen molar-refractivity contribution in [2.45, 2.75) is 6.18 Å². The van der Waals surface area contributed by atoms with E-state index in [2.05, 4.69) is 4.74 Å². The van der Waals surface area contributed by atoms with Gasteiger partial charge >= 0.3 is 6.18 Å². The van der Waals surface area contributed by atoms with Crippen LogP contribution in [0.25, 0.3) is 0 Å². The van der Waals surface area contributed by atoms with Crippen molar-refractivity contribution in [2.75, 3.05) is 13.7 Å². The third-order valence-electron chi connectivity index (χ3n) is 0.570. The van der Waals surface area contributed by atoms with Crippen molar-refractivity contribution < 1.29 is 17.9 Å². The molecule has 0 atom stereocenters. The Morgan fingerprint density at radius 1 is 1.44 bits per heavy atom. The van der Waals surface area contributed by atoms with Crippen LogP contribution in [0.5, 0.6) is 0 Å². The lowest BCUT2D eigenvalue weighted by Gasteiger charge is -1.95. The molecule has 9 heavy (non-hydrogen) atoms. The van der Waals surface area contributed by atoms with E-state index in [9.17, 15) is 13.2 Å². The fraction of sp³-hybridized carbons (Fsp3) is 0.600. The number of rotatable bonds is 2. The largest absolute Gasteiger partial charge is 0.409 e. The predicted octanol–water partition coefficient (Wildman–Crippen LogP) is 1.75. The van der Waals surface area contributed by atoms with Crippen LogP contribution in [0.4, 0.5) is 13.2 Å². The van der Waals surface area contributed by atoms with Crippen molar-refractivity contribution in [1.82, 2.24) is 0 Å². The quantitative estimate of drug-likeness (QED) is 0.531. The zero-order valence-corrected chi connectivity index (χ0v) is 4.90. The molecule has 0 spiro atoms. The number of ether oxygens (including phenoxy) is 1. The molecule has 1 nitrogen and oxygen atoms in total. The maximum atomic E-state index is 11.2. The van der Waals surface area contributed by atoms with E-state index in [-0.39, 0.29) is 12.7 Å². The normalized spacial score (nSPS) is 12.9. The van der Waals surface area contributed by atoms with Crippen LogP contribution in [0.2, 0.25) is 0 Å². The van der Waals surface area contributed by atoms with Gasteiger partial charge in [0.25, 0.3) is 0 Å². The summed E-state index contributed by atoms with van der Waals surface area (Å²) in [5, 5.41) is 0. The summed E-state index contributed by atoms with van der Waals surface area (Å²) in [6, 6.07) is 0. The molecule has 0 aliphatic carbocycles. The van der Waals surface area contributed by atoms with Crippen molar-refractivity contribution in [3.8, 4) is 0 Å². The zero-order valence-electron chi connectivity index (χ0n) is 4.90. The van der Waals surface area contributed by atoms with Gasteiger partial charge in [-0.1, -0.05) is 6.08 Å². The van der Waals surface area contributed by atoms with E-state index < -0.39 is 6.18 Å². The van der Waals surface area contributed by atoms with Gasteiger partial charge in [0.1, 0.15) is 0 Å². The number of alkyl halides is 3. The summed E-state index contributed by atoms with van der Waals surface area (Å²) in [6.45, 7) is -0.000486. The number of hydrogen-bond acceptors (Lipinski definition) is 1. The fourth-order valence-electron chi connectivity index (χ4n) is 0.278. The summed E-state index contributed by atoms with van der Waals surface area (Å²) in [5.41, 5.74) is 0. The van der Waals surface area contributed by atoms with Crippen LogP contribution in [0, 0.1) is 0 Å². The number of methoxy groups -OCH3 is 1. The second-order valence-electron chi connectivity index (χ2n) is 1.40. The van der Waals surface area contributed by atoms with E-state index in [1.807, 2.05) is 0 Å². The first kappa shape index (κ1) is 8.49. The number of allylic oxidation sites excluding steroid dienone is 1. The van der Waals surface area contributed by atoms with Crippen LogP contribution in [0.1, 0.15) is 0 Å². The lowest BCUT2D eigenvalue weighted by atomic mass is 10.5. The summed E-state index contributed by atoms with van der Waals surface area (Å²) < 4.78 is 38.1. The molecule has 0 rings (SSSR count). The van der Waals surface area contributed by atoms with E-state index in [0.29, 0.717) is 0 Å². The highest BCUT2D eigenvalue weighted by molar-refractivity contribution is 4.88. The average molecular weight is 140 g/mol. The Labute approximate surface area is 51.1 Å². The van der Waals surface area contributed by atoms with Crippen molar-refractivity contribution in [2.24, 2.45) is 0 Å². The van der Waals surface area contributed by atoms with Crippen molar-refractivity contribution in [1.29, 1.82) is 0 Å². The molecule has 0 aromatic heterocycles. The van der Waals surface area contributed by atoms with E-state index in [4.69, 9.17) is 0 Å². The number of hydrogen-bond donors (Lipinski definition) is 0. The minimum absolute atomic E-state index is 0.000486. The molecule has 0 radical (unpaired) electrons. The molecule has 0 aliphatic rings. The molecule has 0 aliphatic heterocycles. The van der Waals surface area contributed by atoms with E-state index >= 15 is 0 Å². The smallest absolute Gasteiger partial charge is 0.381 e. The summed E-state index contributed by atoms with van der Waals surface area (Å²) in [5.74, 6) is 0. The Hall–Kier alpha value is -0.510. The predicted molar refractivity (Wildman–Crippen MR) is 27.1 cm³/mol. The molecular formula is C5H7F3O. The van der Waals surface area contributed by atoms with Gasteiger partial charge in [0, 0.05) is 13.2 Å². The molecule has 0 saturated heterocycles. The van der Waals surface area contributed by atoms with E-state index in [1.54, 1.807) is 0 Å². The van der Waals surface area contributed by atoms with Gasteiger partial charge in [0.05, 0.1) is 6.61 Å². The van der Waals surface area contributed by atoms with Crippen molar-refractivity contribution >= 4 is 0 Å². The molecule has 0 aromatic rings. The van der Waals surface area contributed by atoms with Crippen molar-refractivity contribution in [3.05, 3.63) is 12.2 Å². The first-order valence-electron chi connectivity index (χ1n) is 2.29. The molecule has 0 saturated carbocycles. The molecule has 0 N–H and O–H groups in total. The standard InChI is InChI=1S/C5H7F3O/c1-9-4-2-3-5(6,7)8/h2-3H,4H2,1H3/b3-2+. The van der Waals surface area contributed by atoms with Crippen LogP contribution in [-0.2, 0) is 4.74 Å². The van der Waals surface area contributed by atoms with Gasteiger partial charge in [-0.3, -0.25) is 0 Å². The zero-order chi connectivity index (χ0) is 7.33. The van der Waals surface area contributed by atoms with Crippen molar-refractivity contribution in [3.63, 3.8) is 0 Å². The minimum atomic E-state index is -4.21. The van der Waals surface area contributed by atoms with Crippen LogP contribution in [0.3, 0.4) is 0 Å². The van der Waals surface area contributed by atoms with Crippen LogP contribution < -0.4 is 0 Å². The molecule has 0 amide bonds. The number of halogens is 3. The monoisotopic (exact) mass is 140 g/mol. The minimum Gasteiger partial charge on any atom is -0.381 e. The van der Waals surface area contributed by atoms with Gasteiger partial charge in [-0.05, 0) is 0 Å². The van der Waals surface area contributed by atoms with Gasteiger partial charge < -0.3 is 4.74 Å². The second kappa shape index (κ2) is 3.50. The fourth-order valence-corrected chi connectivity index (χ4v) is 0.278. The first-order chi connectivity index (χ1) is 4.06. The third-order valence-corrected chi connectivity index (χ3v) is 0.570. The summed E-state index contributed by atoms with van der Waals surface area (Å²) in [6.07, 6.45) is -3.14. The molecule has 0 bridgehead atoms. The summed E-state index contributed by atoms with van der Waals surface area (Å²) >= 11 is 0. The Morgan fingerprint density at radius 3 is 2.33 bits per heavy atom. The SMILES string of the molecule is COC/C=C/C(F)(F)F. The highest BCUT2D eigenvalue weighted by atomic mass is 19.4. The van der Waals surface area contributed by atoms with Gasteiger partial charge in [-0.2, -0.15) is 13.2 Å². The van der Waals surface area contributed by atoms with E-state index in [1.165, 1.54) is 7.11 Å². The average Bonchev–Trinajstić information content (AvgIpc) is 1.63. The van der Waals surface area contributed by atoms with Crippen LogP contribution in [0.15, 0.2) is 12.2 Å². The third kappa shape index (κ3) is 7.49. The van der Waals surface area contributed by atoms with Crippen LogP contribution in [-0.4, -0.2) is 19.9 Å². The molecule has 54 valence electrons. The molecule has 0 unspecified atom stereocenters. The second-order valence-corrected chi connectivity index (χ2v) is 1.40.